The first kappa shape index (κ1) is 9.47. The molecule has 13 heavy (non-hydrogen) atoms. The SMILES string of the molecule is CC(C)(C)N1CCNC2(CCC2)C1. The van der Waals surface area contributed by atoms with Gasteiger partial charge in [0.05, 0.1) is 0 Å². The zero-order valence-corrected chi connectivity index (χ0v) is 9.19. The van der Waals surface area contributed by atoms with Crippen LogP contribution in [0.15, 0.2) is 0 Å². The van der Waals surface area contributed by atoms with Crippen molar-refractivity contribution in [2.24, 2.45) is 0 Å². The number of rotatable bonds is 0. The molecular formula is C11H22N2. The Labute approximate surface area is 81.7 Å². The van der Waals surface area contributed by atoms with Crippen molar-refractivity contribution in [1.82, 2.24) is 10.2 Å². The van der Waals surface area contributed by atoms with E-state index in [2.05, 4.69) is 31.0 Å². The normalized spacial score (nSPS) is 28.8. The molecule has 2 rings (SSSR count). The third-order valence-electron chi connectivity index (χ3n) is 3.63. The van der Waals surface area contributed by atoms with Crippen molar-refractivity contribution in [3.63, 3.8) is 0 Å². The Kier molecular flexibility index (Phi) is 2.16. The topological polar surface area (TPSA) is 15.3 Å². The van der Waals surface area contributed by atoms with E-state index in [0.717, 1.165) is 0 Å². The summed E-state index contributed by atoms with van der Waals surface area (Å²) >= 11 is 0. The van der Waals surface area contributed by atoms with Gasteiger partial charge in [-0.25, -0.2) is 0 Å². The van der Waals surface area contributed by atoms with Crippen molar-refractivity contribution < 1.29 is 0 Å². The van der Waals surface area contributed by atoms with Gasteiger partial charge in [0.15, 0.2) is 0 Å². The van der Waals surface area contributed by atoms with Crippen LogP contribution < -0.4 is 5.32 Å². The summed E-state index contributed by atoms with van der Waals surface area (Å²) in [5, 5.41) is 3.69. The van der Waals surface area contributed by atoms with Gasteiger partial charge >= 0.3 is 0 Å². The molecule has 1 saturated heterocycles. The molecule has 0 radical (unpaired) electrons. The molecule has 2 nitrogen and oxygen atoms in total. The lowest BCUT2D eigenvalue weighted by atomic mass is 9.74. The van der Waals surface area contributed by atoms with Gasteiger partial charge in [-0.1, -0.05) is 0 Å². The fourth-order valence-electron chi connectivity index (χ4n) is 2.47. The fourth-order valence-corrected chi connectivity index (χ4v) is 2.47. The number of nitrogens with one attached hydrogen (secondary N) is 1. The van der Waals surface area contributed by atoms with Gasteiger partial charge in [0, 0.05) is 30.7 Å². The predicted molar refractivity (Wildman–Crippen MR) is 55.9 cm³/mol. The Hall–Kier alpha value is -0.0800. The number of nitrogens with zero attached hydrogens (tertiary/aromatic N) is 1. The maximum atomic E-state index is 3.69. The van der Waals surface area contributed by atoms with Gasteiger partial charge in [-0.05, 0) is 40.0 Å². The van der Waals surface area contributed by atoms with E-state index in [1.807, 2.05) is 0 Å². The van der Waals surface area contributed by atoms with E-state index in [-0.39, 0.29) is 0 Å². The van der Waals surface area contributed by atoms with Crippen LogP contribution in [0.1, 0.15) is 40.0 Å². The Morgan fingerprint density at radius 1 is 1.23 bits per heavy atom. The van der Waals surface area contributed by atoms with Crippen molar-refractivity contribution in [1.29, 1.82) is 0 Å². The summed E-state index contributed by atoms with van der Waals surface area (Å²) in [6.45, 7) is 10.6. The minimum atomic E-state index is 0.352. The zero-order chi connectivity index (χ0) is 9.53. The van der Waals surface area contributed by atoms with Crippen LogP contribution in [0.4, 0.5) is 0 Å². The van der Waals surface area contributed by atoms with Gasteiger partial charge in [-0.2, -0.15) is 0 Å². The van der Waals surface area contributed by atoms with Crippen LogP contribution in [0.3, 0.4) is 0 Å². The molecular weight excluding hydrogens is 160 g/mol. The van der Waals surface area contributed by atoms with Crippen molar-refractivity contribution in [2.45, 2.75) is 51.1 Å². The standard InChI is InChI=1S/C11H22N2/c1-10(2,3)13-8-7-12-11(9-13)5-4-6-11/h12H,4-9H2,1-3H3. The lowest BCUT2D eigenvalue weighted by molar-refractivity contribution is 0.0192. The largest absolute Gasteiger partial charge is 0.309 e. The summed E-state index contributed by atoms with van der Waals surface area (Å²) in [5.41, 5.74) is 0.857. The van der Waals surface area contributed by atoms with Crippen molar-refractivity contribution in [3.05, 3.63) is 0 Å². The summed E-state index contributed by atoms with van der Waals surface area (Å²) < 4.78 is 0. The highest BCUT2D eigenvalue weighted by Crippen LogP contribution is 2.35. The second kappa shape index (κ2) is 2.96. The Balaban J connectivity index is 2.00. The minimum absolute atomic E-state index is 0.352. The Morgan fingerprint density at radius 3 is 2.38 bits per heavy atom. The molecule has 1 spiro atoms. The molecule has 2 aliphatic rings. The first-order valence-electron chi connectivity index (χ1n) is 5.52. The van der Waals surface area contributed by atoms with Crippen LogP contribution in [-0.2, 0) is 0 Å². The second-order valence-electron chi connectivity index (χ2n) is 5.65. The molecule has 0 aromatic heterocycles. The number of piperazine rings is 1. The average Bonchev–Trinajstić information content (AvgIpc) is 2.00. The van der Waals surface area contributed by atoms with Crippen LogP contribution in [-0.4, -0.2) is 35.6 Å². The maximum absolute atomic E-state index is 3.69. The van der Waals surface area contributed by atoms with Gasteiger partial charge in [0.25, 0.3) is 0 Å². The molecule has 1 N–H and O–H groups in total. The van der Waals surface area contributed by atoms with Gasteiger partial charge in [-0.15, -0.1) is 0 Å². The molecule has 0 aromatic rings. The smallest absolute Gasteiger partial charge is 0.0309 e. The molecule has 1 saturated carbocycles. The first-order valence-corrected chi connectivity index (χ1v) is 5.52. The van der Waals surface area contributed by atoms with Crippen LogP contribution in [0, 0.1) is 0 Å². The van der Waals surface area contributed by atoms with Gasteiger partial charge in [-0.3, -0.25) is 4.90 Å². The molecule has 0 bridgehead atoms. The monoisotopic (exact) mass is 182 g/mol. The predicted octanol–water partition coefficient (Wildman–Crippen LogP) is 1.61. The molecule has 2 fully saturated rings. The van der Waals surface area contributed by atoms with E-state index in [1.54, 1.807) is 0 Å². The summed E-state index contributed by atoms with van der Waals surface area (Å²) in [6, 6.07) is 0. The Bertz CT molecular complexity index is 189. The lowest BCUT2D eigenvalue weighted by Gasteiger charge is -2.53. The quantitative estimate of drug-likeness (QED) is 0.612. The molecule has 0 atom stereocenters. The minimum Gasteiger partial charge on any atom is -0.309 e. The molecule has 2 heteroatoms. The molecule has 1 heterocycles. The van der Waals surface area contributed by atoms with Crippen LogP contribution in [0.2, 0.25) is 0 Å². The van der Waals surface area contributed by atoms with Crippen LogP contribution in [0.25, 0.3) is 0 Å². The zero-order valence-electron chi connectivity index (χ0n) is 9.19. The highest BCUT2D eigenvalue weighted by Gasteiger charge is 2.42. The maximum Gasteiger partial charge on any atom is 0.0309 e. The third-order valence-corrected chi connectivity index (χ3v) is 3.63. The summed E-state index contributed by atoms with van der Waals surface area (Å²) in [6.07, 6.45) is 4.20. The number of hydrogen-bond donors (Lipinski definition) is 1. The van der Waals surface area contributed by atoms with Crippen LogP contribution in [0.5, 0.6) is 0 Å². The fraction of sp³-hybridized carbons (Fsp3) is 1.00. The highest BCUT2D eigenvalue weighted by molar-refractivity contribution is 5.02. The Morgan fingerprint density at radius 2 is 1.92 bits per heavy atom. The average molecular weight is 182 g/mol. The van der Waals surface area contributed by atoms with E-state index in [9.17, 15) is 0 Å². The number of hydrogen-bond acceptors (Lipinski definition) is 2. The highest BCUT2D eigenvalue weighted by atomic mass is 15.3. The molecule has 1 aliphatic heterocycles. The second-order valence-corrected chi connectivity index (χ2v) is 5.65. The molecule has 1 aliphatic carbocycles. The summed E-state index contributed by atoms with van der Waals surface area (Å²) in [7, 11) is 0. The molecule has 0 amide bonds. The summed E-state index contributed by atoms with van der Waals surface area (Å²) in [5.74, 6) is 0. The van der Waals surface area contributed by atoms with Gasteiger partial charge in [0.1, 0.15) is 0 Å². The van der Waals surface area contributed by atoms with Crippen molar-refractivity contribution in [3.8, 4) is 0 Å². The third kappa shape index (κ3) is 1.75. The van der Waals surface area contributed by atoms with Gasteiger partial charge < -0.3 is 5.32 Å². The lowest BCUT2D eigenvalue weighted by Crippen LogP contribution is -2.66. The van der Waals surface area contributed by atoms with E-state index < -0.39 is 0 Å². The van der Waals surface area contributed by atoms with Gasteiger partial charge in [0.2, 0.25) is 0 Å². The molecule has 0 unspecified atom stereocenters. The molecule has 0 aromatic carbocycles. The van der Waals surface area contributed by atoms with Crippen molar-refractivity contribution >= 4 is 0 Å². The first-order chi connectivity index (χ1) is 6.02. The molecule has 76 valence electrons. The van der Waals surface area contributed by atoms with E-state index in [0.29, 0.717) is 11.1 Å². The van der Waals surface area contributed by atoms with E-state index >= 15 is 0 Å². The van der Waals surface area contributed by atoms with E-state index in [4.69, 9.17) is 0 Å². The van der Waals surface area contributed by atoms with Crippen molar-refractivity contribution in [2.75, 3.05) is 19.6 Å². The summed E-state index contributed by atoms with van der Waals surface area (Å²) in [4.78, 5) is 2.63. The van der Waals surface area contributed by atoms with Crippen LogP contribution >= 0.6 is 0 Å². The van der Waals surface area contributed by atoms with E-state index in [1.165, 1.54) is 38.9 Å².